The van der Waals surface area contributed by atoms with Gasteiger partial charge in [0.2, 0.25) is 0 Å². The van der Waals surface area contributed by atoms with Crippen molar-refractivity contribution in [1.82, 2.24) is 10.8 Å². The van der Waals surface area contributed by atoms with Crippen LogP contribution in [0.3, 0.4) is 0 Å². The SMILES string of the molecule is CCCCCC=O.N/C=C(/NCCCc1ccccc1)C(=O)NO. The van der Waals surface area contributed by atoms with Gasteiger partial charge in [0.05, 0.1) is 0 Å². The lowest BCUT2D eigenvalue weighted by Gasteiger charge is -2.08. The number of nitrogens with two attached hydrogens (primary N) is 1. The second-order valence-electron chi connectivity index (χ2n) is 5.20. The Morgan fingerprint density at radius 3 is 2.46 bits per heavy atom. The van der Waals surface area contributed by atoms with Gasteiger partial charge >= 0.3 is 0 Å². The Labute approximate surface area is 144 Å². The van der Waals surface area contributed by atoms with E-state index in [2.05, 4.69) is 24.4 Å². The summed E-state index contributed by atoms with van der Waals surface area (Å²) >= 11 is 0. The number of hydrogen-bond donors (Lipinski definition) is 4. The lowest BCUT2D eigenvalue weighted by atomic mass is 10.1. The molecule has 1 amide bonds. The standard InChI is InChI=1S/C12H17N3O2.C6H12O/c13-9-11(12(16)15-17)14-8-4-7-10-5-2-1-3-6-10;1-2-3-4-5-6-7/h1-3,5-6,9,14,17H,4,7-8,13H2,(H,15,16);6H,2-5H2,1H3/b11-9+;. The van der Waals surface area contributed by atoms with Crippen LogP contribution in [-0.2, 0) is 16.0 Å². The summed E-state index contributed by atoms with van der Waals surface area (Å²) in [4.78, 5) is 20.7. The van der Waals surface area contributed by atoms with E-state index in [-0.39, 0.29) is 5.70 Å². The number of rotatable bonds is 10. The van der Waals surface area contributed by atoms with Gasteiger partial charge in [-0.05, 0) is 24.8 Å². The Balaban J connectivity index is 0.000000640. The van der Waals surface area contributed by atoms with Gasteiger partial charge in [0, 0.05) is 19.2 Å². The van der Waals surface area contributed by atoms with E-state index in [0.29, 0.717) is 6.54 Å². The van der Waals surface area contributed by atoms with Crippen LogP contribution in [0.5, 0.6) is 0 Å². The highest BCUT2D eigenvalue weighted by Crippen LogP contribution is 2.01. The Morgan fingerprint density at radius 1 is 1.21 bits per heavy atom. The molecule has 0 aliphatic carbocycles. The summed E-state index contributed by atoms with van der Waals surface area (Å²) in [5, 5.41) is 11.3. The summed E-state index contributed by atoms with van der Waals surface area (Å²) in [5.74, 6) is -0.632. The minimum absolute atomic E-state index is 0.167. The van der Waals surface area contributed by atoms with Crippen LogP contribution in [0, 0.1) is 0 Å². The molecule has 1 aromatic rings. The van der Waals surface area contributed by atoms with Gasteiger partial charge in [-0.2, -0.15) is 0 Å². The van der Waals surface area contributed by atoms with Crippen LogP contribution in [0.25, 0.3) is 0 Å². The fraction of sp³-hybridized carbons (Fsp3) is 0.444. The number of hydrogen-bond acceptors (Lipinski definition) is 5. The molecule has 0 spiro atoms. The van der Waals surface area contributed by atoms with Crippen molar-refractivity contribution in [2.45, 2.75) is 45.4 Å². The van der Waals surface area contributed by atoms with E-state index in [4.69, 9.17) is 10.9 Å². The first-order valence-corrected chi connectivity index (χ1v) is 8.27. The molecule has 1 rings (SSSR count). The Hall–Kier alpha value is -2.34. The number of carbonyl (C=O) groups is 2. The Kier molecular flexibility index (Phi) is 14.0. The molecule has 134 valence electrons. The minimum atomic E-state index is -0.632. The highest BCUT2D eigenvalue weighted by molar-refractivity contribution is 5.91. The predicted molar refractivity (Wildman–Crippen MR) is 95.2 cm³/mol. The number of nitrogens with one attached hydrogen (secondary N) is 2. The molecule has 0 fully saturated rings. The van der Waals surface area contributed by atoms with E-state index in [0.717, 1.165) is 38.2 Å². The van der Waals surface area contributed by atoms with Crippen LogP contribution in [0.2, 0.25) is 0 Å². The molecule has 0 aliphatic heterocycles. The van der Waals surface area contributed by atoms with Crippen LogP contribution < -0.4 is 16.5 Å². The van der Waals surface area contributed by atoms with Gasteiger partial charge in [0.15, 0.2) is 0 Å². The second-order valence-corrected chi connectivity index (χ2v) is 5.20. The first-order chi connectivity index (χ1) is 11.7. The normalized spacial score (nSPS) is 10.3. The fourth-order valence-electron chi connectivity index (χ4n) is 1.91. The topological polar surface area (TPSA) is 104 Å². The van der Waals surface area contributed by atoms with Crippen molar-refractivity contribution in [1.29, 1.82) is 0 Å². The van der Waals surface area contributed by atoms with Crippen molar-refractivity contribution >= 4 is 12.2 Å². The zero-order valence-electron chi connectivity index (χ0n) is 14.3. The molecule has 0 aromatic heterocycles. The third-order valence-electron chi connectivity index (χ3n) is 3.24. The molecule has 1 aromatic carbocycles. The van der Waals surface area contributed by atoms with Gasteiger partial charge in [0.1, 0.15) is 12.0 Å². The van der Waals surface area contributed by atoms with E-state index in [1.165, 1.54) is 23.9 Å². The van der Waals surface area contributed by atoms with E-state index in [9.17, 15) is 9.59 Å². The third-order valence-corrected chi connectivity index (χ3v) is 3.24. The first-order valence-electron chi connectivity index (χ1n) is 8.27. The number of unbranched alkanes of at least 4 members (excludes halogenated alkanes) is 3. The van der Waals surface area contributed by atoms with E-state index < -0.39 is 5.91 Å². The average Bonchev–Trinajstić information content (AvgIpc) is 2.63. The summed E-state index contributed by atoms with van der Waals surface area (Å²) in [5.41, 5.74) is 8.19. The van der Waals surface area contributed by atoms with Crippen LogP contribution in [0.4, 0.5) is 0 Å². The lowest BCUT2D eigenvalue weighted by Crippen LogP contribution is -2.31. The molecule has 0 radical (unpaired) electrons. The molecule has 0 bridgehead atoms. The number of hydroxylamine groups is 1. The fourth-order valence-corrected chi connectivity index (χ4v) is 1.91. The highest BCUT2D eigenvalue weighted by atomic mass is 16.5. The molecule has 0 saturated heterocycles. The van der Waals surface area contributed by atoms with Crippen LogP contribution in [0.1, 0.15) is 44.6 Å². The molecule has 6 heteroatoms. The molecule has 5 N–H and O–H groups in total. The van der Waals surface area contributed by atoms with E-state index in [1.807, 2.05) is 18.2 Å². The van der Waals surface area contributed by atoms with Gasteiger partial charge in [-0.3, -0.25) is 10.0 Å². The smallest absolute Gasteiger partial charge is 0.292 e. The van der Waals surface area contributed by atoms with E-state index in [1.54, 1.807) is 0 Å². The van der Waals surface area contributed by atoms with Gasteiger partial charge in [0.25, 0.3) is 5.91 Å². The number of benzene rings is 1. The maximum absolute atomic E-state index is 11.0. The average molecular weight is 335 g/mol. The zero-order valence-corrected chi connectivity index (χ0v) is 14.3. The number of amides is 1. The van der Waals surface area contributed by atoms with Crippen molar-refractivity contribution < 1.29 is 14.8 Å². The molecule has 0 aliphatic rings. The maximum Gasteiger partial charge on any atom is 0.292 e. The van der Waals surface area contributed by atoms with Crippen molar-refractivity contribution in [2.75, 3.05) is 6.54 Å². The third kappa shape index (κ3) is 11.3. The molecular weight excluding hydrogens is 306 g/mol. The number of aldehydes is 1. The molecule has 0 heterocycles. The molecule has 0 saturated carbocycles. The summed E-state index contributed by atoms with van der Waals surface area (Å²) < 4.78 is 0. The molecular formula is C18H29N3O3. The number of aryl methyl sites for hydroxylation is 1. The molecule has 6 nitrogen and oxygen atoms in total. The molecule has 0 atom stereocenters. The van der Waals surface area contributed by atoms with Gasteiger partial charge < -0.3 is 15.8 Å². The van der Waals surface area contributed by atoms with Crippen molar-refractivity contribution in [3.05, 3.63) is 47.8 Å². The highest BCUT2D eigenvalue weighted by Gasteiger charge is 2.05. The van der Waals surface area contributed by atoms with Gasteiger partial charge in [-0.1, -0.05) is 50.1 Å². The zero-order chi connectivity index (χ0) is 18.0. The number of carbonyl (C=O) groups excluding carboxylic acids is 2. The maximum atomic E-state index is 11.0. The molecule has 0 unspecified atom stereocenters. The molecule has 24 heavy (non-hydrogen) atoms. The summed E-state index contributed by atoms with van der Waals surface area (Å²) in [6, 6.07) is 10.1. The summed E-state index contributed by atoms with van der Waals surface area (Å²) in [6.45, 7) is 2.75. The quantitative estimate of drug-likeness (QED) is 0.173. The Morgan fingerprint density at radius 2 is 1.92 bits per heavy atom. The predicted octanol–water partition coefficient (Wildman–Crippen LogP) is 2.28. The minimum Gasteiger partial charge on any atom is -0.403 e. The summed E-state index contributed by atoms with van der Waals surface area (Å²) in [7, 11) is 0. The van der Waals surface area contributed by atoms with Gasteiger partial charge in [-0.25, -0.2) is 5.48 Å². The second kappa shape index (κ2) is 15.6. The van der Waals surface area contributed by atoms with Crippen molar-refractivity contribution in [3.63, 3.8) is 0 Å². The Bertz CT molecular complexity index is 476. The van der Waals surface area contributed by atoms with E-state index >= 15 is 0 Å². The van der Waals surface area contributed by atoms with Crippen LogP contribution >= 0.6 is 0 Å². The monoisotopic (exact) mass is 335 g/mol. The van der Waals surface area contributed by atoms with Gasteiger partial charge in [-0.15, -0.1) is 0 Å². The lowest BCUT2D eigenvalue weighted by molar-refractivity contribution is -0.125. The van der Waals surface area contributed by atoms with Crippen LogP contribution in [-0.4, -0.2) is 23.9 Å². The summed E-state index contributed by atoms with van der Waals surface area (Å²) in [6.07, 6.45) is 8.12. The van der Waals surface area contributed by atoms with Crippen molar-refractivity contribution in [2.24, 2.45) is 5.73 Å². The van der Waals surface area contributed by atoms with Crippen molar-refractivity contribution in [3.8, 4) is 0 Å². The van der Waals surface area contributed by atoms with Crippen LogP contribution in [0.15, 0.2) is 42.2 Å². The first kappa shape index (κ1) is 21.7. The largest absolute Gasteiger partial charge is 0.403 e.